The fourth-order valence-electron chi connectivity index (χ4n) is 4.23. The van der Waals surface area contributed by atoms with Crippen LogP contribution in [0.2, 0.25) is 5.02 Å². The van der Waals surface area contributed by atoms with Crippen LogP contribution in [0.4, 0.5) is 0 Å². The quantitative estimate of drug-likeness (QED) is 0.384. The predicted octanol–water partition coefficient (Wildman–Crippen LogP) is 3.94. The van der Waals surface area contributed by atoms with Gasteiger partial charge in [0.2, 0.25) is 10.0 Å². The SMILES string of the molecule is O=C(NCCc1ccc(Cl)cc1)c1cc(-c2ccncc2)nc2ccc(S(=O)(=O)N3CCOCC3)cc12. The van der Waals surface area contributed by atoms with Gasteiger partial charge in [0.25, 0.3) is 5.91 Å². The monoisotopic (exact) mass is 536 g/mol. The second-order valence-electron chi connectivity index (χ2n) is 8.62. The molecule has 0 spiro atoms. The molecule has 2 aromatic carbocycles. The number of halogens is 1. The van der Waals surface area contributed by atoms with Gasteiger partial charge in [-0.2, -0.15) is 4.31 Å². The van der Waals surface area contributed by atoms with Crippen LogP contribution in [0.25, 0.3) is 22.2 Å². The number of amides is 1. The van der Waals surface area contributed by atoms with E-state index in [2.05, 4.69) is 10.3 Å². The Bertz CT molecular complexity index is 1520. The third-order valence-corrected chi connectivity index (χ3v) is 8.37. The summed E-state index contributed by atoms with van der Waals surface area (Å²) in [5.41, 5.74) is 3.32. The van der Waals surface area contributed by atoms with Crippen LogP contribution in [-0.2, 0) is 21.2 Å². The zero-order valence-corrected chi connectivity index (χ0v) is 21.5. The average Bonchev–Trinajstić information content (AvgIpc) is 2.94. The van der Waals surface area contributed by atoms with Gasteiger partial charge in [0.05, 0.1) is 34.9 Å². The number of hydrogen-bond acceptors (Lipinski definition) is 6. The molecule has 1 aliphatic rings. The highest BCUT2D eigenvalue weighted by Gasteiger charge is 2.27. The van der Waals surface area contributed by atoms with Crippen LogP contribution in [-0.4, -0.2) is 61.4 Å². The van der Waals surface area contributed by atoms with E-state index < -0.39 is 10.0 Å². The van der Waals surface area contributed by atoms with Crippen molar-refractivity contribution in [1.29, 1.82) is 0 Å². The van der Waals surface area contributed by atoms with E-state index in [1.165, 1.54) is 10.4 Å². The molecule has 1 amide bonds. The number of rotatable bonds is 7. The predicted molar refractivity (Wildman–Crippen MR) is 142 cm³/mol. The Morgan fingerprint density at radius 1 is 1.00 bits per heavy atom. The first-order valence-corrected chi connectivity index (χ1v) is 13.7. The second-order valence-corrected chi connectivity index (χ2v) is 11.0. The molecule has 190 valence electrons. The lowest BCUT2D eigenvalue weighted by molar-refractivity contribution is 0.0730. The zero-order chi connectivity index (χ0) is 25.8. The molecule has 0 aliphatic carbocycles. The van der Waals surface area contributed by atoms with Gasteiger partial charge < -0.3 is 10.1 Å². The molecule has 5 rings (SSSR count). The van der Waals surface area contributed by atoms with Crippen LogP contribution in [0, 0.1) is 0 Å². The number of sulfonamides is 1. The Labute approximate surface area is 220 Å². The van der Waals surface area contributed by atoms with Crippen molar-refractivity contribution in [3.05, 3.63) is 89.2 Å². The van der Waals surface area contributed by atoms with Gasteiger partial charge in [-0.1, -0.05) is 23.7 Å². The van der Waals surface area contributed by atoms with E-state index in [1.54, 1.807) is 30.6 Å². The molecular formula is C27H25ClN4O4S. The third-order valence-electron chi connectivity index (χ3n) is 6.22. The van der Waals surface area contributed by atoms with Gasteiger partial charge in [-0.05, 0) is 60.5 Å². The van der Waals surface area contributed by atoms with Crippen molar-refractivity contribution in [2.75, 3.05) is 32.8 Å². The topological polar surface area (TPSA) is 101 Å². The zero-order valence-electron chi connectivity index (χ0n) is 19.9. The molecule has 0 radical (unpaired) electrons. The Morgan fingerprint density at radius 3 is 2.46 bits per heavy atom. The summed E-state index contributed by atoms with van der Waals surface area (Å²) in [6.45, 7) is 1.69. The van der Waals surface area contributed by atoms with Gasteiger partial charge in [-0.25, -0.2) is 13.4 Å². The standard InChI is InChI=1S/C27H25ClN4O4S/c28-21-3-1-19(2-4-21)7-12-30-27(33)24-18-26(20-8-10-29-11-9-20)31-25-6-5-22(17-23(24)25)37(34,35)32-13-15-36-16-14-32/h1-6,8-11,17-18H,7,12-16H2,(H,30,33). The van der Waals surface area contributed by atoms with Gasteiger partial charge in [-0.15, -0.1) is 0 Å². The van der Waals surface area contributed by atoms with Crippen LogP contribution in [0.1, 0.15) is 15.9 Å². The van der Waals surface area contributed by atoms with Crippen molar-refractivity contribution in [2.45, 2.75) is 11.3 Å². The molecule has 3 heterocycles. The minimum Gasteiger partial charge on any atom is -0.379 e. The van der Waals surface area contributed by atoms with E-state index in [4.69, 9.17) is 21.3 Å². The number of nitrogens with one attached hydrogen (secondary N) is 1. The molecule has 2 aromatic heterocycles. The van der Waals surface area contributed by atoms with E-state index >= 15 is 0 Å². The summed E-state index contributed by atoms with van der Waals surface area (Å²) in [6.07, 6.45) is 3.94. The average molecular weight is 537 g/mol. The molecule has 8 nitrogen and oxygen atoms in total. The van der Waals surface area contributed by atoms with Gasteiger partial charge in [0.1, 0.15) is 0 Å². The van der Waals surface area contributed by atoms with E-state index in [-0.39, 0.29) is 23.9 Å². The number of benzene rings is 2. The maximum absolute atomic E-state index is 13.4. The smallest absolute Gasteiger partial charge is 0.252 e. The molecule has 4 aromatic rings. The van der Waals surface area contributed by atoms with Crippen LogP contribution in [0.3, 0.4) is 0 Å². The van der Waals surface area contributed by atoms with E-state index in [0.717, 1.165) is 11.1 Å². The Hall–Kier alpha value is -3.37. The molecule has 0 unspecified atom stereocenters. The summed E-state index contributed by atoms with van der Waals surface area (Å²) in [7, 11) is -3.74. The Balaban J connectivity index is 1.50. The Kier molecular flexibility index (Phi) is 7.48. The largest absolute Gasteiger partial charge is 0.379 e. The molecule has 1 aliphatic heterocycles. The fraction of sp³-hybridized carbons (Fsp3) is 0.222. The van der Waals surface area contributed by atoms with Crippen molar-refractivity contribution >= 4 is 38.4 Å². The van der Waals surface area contributed by atoms with Crippen LogP contribution < -0.4 is 5.32 Å². The second kappa shape index (κ2) is 10.9. The van der Waals surface area contributed by atoms with Crippen molar-refractivity contribution in [3.8, 4) is 11.3 Å². The first-order valence-electron chi connectivity index (χ1n) is 11.9. The first kappa shape index (κ1) is 25.3. The number of carbonyl (C=O) groups excluding carboxylic acids is 1. The normalized spacial score (nSPS) is 14.5. The molecule has 0 atom stereocenters. The summed E-state index contributed by atoms with van der Waals surface area (Å²) in [4.78, 5) is 22.3. The van der Waals surface area contributed by atoms with Crippen molar-refractivity contribution in [1.82, 2.24) is 19.6 Å². The third kappa shape index (κ3) is 5.65. The van der Waals surface area contributed by atoms with Gasteiger partial charge in [0, 0.05) is 48.0 Å². The highest BCUT2D eigenvalue weighted by atomic mass is 35.5. The number of pyridine rings is 2. The van der Waals surface area contributed by atoms with E-state index in [9.17, 15) is 13.2 Å². The van der Waals surface area contributed by atoms with E-state index in [0.29, 0.717) is 53.4 Å². The lowest BCUT2D eigenvalue weighted by Crippen LogP contribution is -2.40. The van der Waals surface area contributed by atoms with Gasteiger partial charge in [0.15, 0.2) is 0 Å². The minimum absolute atomic E-state index is 0.121. The highest BCUT2D eigenvalue weighted by Crippen LogP contribution is 2.28. The Morgan fingerprint density at radius 2 is 1.73 bits per heavy atom. The molecule has 1 saturated heterocycles. The maximum atomic E-state index is 13.4. The number of morpholine rings is 1. The number of aromatic nitrogens is 2. The van der Waals surface area contributed by atoms with Crippen molar-refractivity contribution in [3.63, 3.8) is 0 Å². The maximum Gasteiger partial charge on any atom is 0.252 e. The molecule has 1 fully saturated rings. The molecule has 0 saturated carbocycles. The molecule has 0 bridgehead atoms. The molecule has 1 N–H and O–H groups in total. The first-order chi connectivity index (χ1) is 17.9. The lowest BCUT2D eigenvalue weighted by atomic mass is 10.0. The molecule has 37 heavy (non-hydrogen) atoms. The van der Waals surface area contributed by atoms with E-state index in [1.807, 2.05) is 36.4 Å². The van der Waals surface area contributed by atoms with Crippen LogP contribution in [0.5, 0.6) is 0 Å². The summed E-state index contributed by atoms with van der Waals surface area (Å²) in [5.74, 6) is -0.308. The lowest BCUT2D eigenvalue weighted by Gasteiger charge is -2.26. The molecular weight excluding hydrogens is 512 g/mol. The summed E-state index contributed by atoms with van der Waals surface area (Å²) >= 11 is 5.96. The number of hydrogen-bond donors (Lipinski definition) is 1. The van der Waals surface area contributed by atoms with Gasteiger partial charge >= 0.3 is 0 Å². The number of fused-ring (bicyclic) bond motifs is 1. The van der Waals surface area contributed by atoms with Crippen LogP contribution >= 0.6 is 11.6 Å². The highest BCUT2D eigenvalue weighted by molar-refractivity contribution is 7.89. The summed E-state index contributed by atoms with van der Waals surface area (Å²) in [6, 6.07) is 17.5. The summed E-state index contributed by atoms with van der Waals surface area (Å²) < 4.78 is 33.3. The number of nitrogens with zero attached hydrogens (tertiary/aromatic N) is 3. The minimum atomic E-state index is -3.74. The number of ether oxygens (including phenoxy) is 1. The van der Waals surface area contributed by atoms with Crippen LogP contribution in [0.15, 0.2) is 78.0 Å². The van der Waals surface area contributed by atoms with Crippen molar-refractivity contribution < 1.29 is 17.9 Å². The van der Waals surface area contributed by atoms with Crippen molar-refractivity contribution in [2.24, 2.45) is 0 Å². The fourth-order valence-corrected chi connectivity index (χ4v) is 5.79. The number of carbonyl (C=O) groups is 1. The van der Waals surface area contributed by atoms with Gasteiger partial charge in [-0.3, -0.25) is 9.78 Å². The molecule has 10 heteroatoms. The summed E-state index contributed by atoms with van der Waals surface area (Å²) in [5, 5.41) is 4.09.